The van der Waals surface area contributed by atoms with Crippen LogP contribution >= 0.6 is 0 Å². The van der Waals surface area contributed by atoms with Crippen molar-refractivity contribution in [3.8, 4) is 0 Å². The lowest BCUT2D eigenvalue weighted by Gasteiger charge is -2.15. The van der Waals surface area contributed by atoms with E-state index in [1.807, 2.05) is 13.8 Å². The van der Waals surface area contributed by atoms with Crippen molar-refractivity contribution in [1.82, 2.24) is 14.5 Å². The monoisotopic (exact) mass is 303 g/mol. The number of hydrogen-bond acceptors (Lipinski definition) is 3. The lowest BCUT2D eigenvalue weighted by atomic mass is 10.2. The first kappa shape index (κ1) is 16.0. The Hall–Kier alpha value is -2.37. The molecule has 0 saturated carbocycles. The predicted octanol–water partition coefficient (Wildman–Crippen LogP) is 1.10. The van der Waals surface area contributed by atoms with Crippen molar-refractivity contribution in [2.24, 2.45) is 0 Å². The zero-order chi connectivity index (χ0) is 16.3. The van der Waals surface area contributed by atoms with Crippen LogP contribution in [0.15, 0.2) is 33.9 Å². The molecule has 0 aliphatic heterocycles. The Balaban J connectivity index is 2.56. The number of carbonyl (C=O) groups excluding carboxylic acids is 1. The molecule has 1 amide bonds. The second-order valence-electron chi connectivity index (χ2n) is 5.31. The van der Waals surface area contributed by atoms with E-state index < -0.39 is 5.69 Å². The van der Waals surface area contributed by atoms with Gasteiger partial charge in [0.1, 0.15) is 6.54 Å². The van der Waals surface area contributed by atoms with Gasteiger partial charge in [0, 0.05) is 12.6 Å². The molecule has 6 heteroatoms. The van der Waals surface area contributed by atoms with Gasteiger partial charge in [-0.2, -0.15) is 0 Å². The average Bonchev–Trinajstić information content (AvgIpc) is 2.52. The summed E-state index contributed by atoms with van der Waals surface area (Å²) in [6.45, 7) is 5.80. The Kier molecular flexibility index (Phi) is 4.80. The molecule has 2 rings (SSSR count). The van der Waals surface area contributed by atoms with Gasteiger partial charge in [-0.3, -0.25) is 18.7 Å². The molecule has 6 nitrogen and oxygen atoms in total. The second-order valence-corrected chi connectivity index (χ2v) is 5.31. The van der Waals surface area contributed by atoms with E-state index in [1.165, 1.54) is 4.57 Å². The number of nitrogens with one attached hydrogen (secondary N) is 1. The summed E-state index contributed by atoms with van der Waals surface area (Å²) >= 11 is 0. The number of para-hydroxylation sites is 1. The SMILES string of the molecule is CCC(C)NC(=O)Cn1c(=O)n(CC)c(=O)c2ccccc21. The highest BCUT2D eigenvalue weighted by molar-refractivity contribution is 5.81. The zero-order valence-corrected chi connectivity index (χ0v) is 13.1. The number of rotatable bonds is 5. The van der Waals surface area contributed by atoms with Gasteiger partial charge in [0.25, 0.3) is 5.56 Å². The number of carbonyl (C=O) groups is 1. The summed E-state index contributed by atoms with van der Waals surface area (Å²) in [5.41, 5.74) is -0.284. The molecular weight excluding hydrogens is 282 g/mol. The predicted molar refractivity (Wildman–Crippen MR) is 86.0 cm³/mol. The van der Waals surface area contributed by atoms with E-state index in [4.69, 9.17) is 0 Å². The quantitative estimate of drug-likeness (QED) is 0.899. The summed E-state index contributed by atoms with van der Waals surface area (Å²) in [7, 11) is 0. The summed E-state index contributed by atoms with van der Waals surface area (Å²) < 4.78 is 2.51. The number of benzene rings is 1. The van der Waals surface area contributed by atoms with Gasteiger partial charge in [0.05, 0.1) is 10.9 Å². The molecule has 0 bridgehead atoms. The van der Waals surface area contributed by atoms with Gasteiger partial charge in [0.2, 0.25) is 5.91 Å². The third kappa shape index (κ3) is 2.95. The zero-order valence-electron chi connectivity index (χ0n) is 13.1. The van der Waals surface area contributed by atoms with Crippen LogP contribution in [0.2, 0.25) is 0 Å². The maximum absolute atomic E-state index is 12.5. The van der Waals surface area contributed by atoms with Crippen LogP contribution in [0.25, 0.3) is 10.9 Å². The Bertz CT molecular complexity index is 804. The molecule has 0 aliphatic carbocycles. The van der Waals surface area contributed by atoms with Crippen molar-refractivity contribution in [2.75, 3.05) is 0 Å². The highest BCUT2D eigenvalue weighted by atomic mass is 16.2. The van der Waals surface area contributed by atoms with Crippen molar-refractivity contribution >= 4 is 16.8 Å². The van der Waals surface area contributed by atoms with Crippen LogP contribution in [-0.2, 0) is 17.9 Å². The molecular formula is C16H21N3O3. The van der Waals surface area contributed by atoms with Crippen molar-refractivity contribution in [1.29, 1.82) is 0 Å². The van der Waals surface area contributed by atoms with Crippen molar-refractivity contribution in [2.45, 2.75) is 46.3 Å². The fourth-order valence-corrected chi connectivity index (χ4v) is 2.37. The van der Waals surface area contributed by atoms with Gasteiger partial charge < -0.3 is 5.32 Å². The van der Waals surface area contributed by atoms with Crippen molar-refractivity contribution < 1.29 is 4.79 Å². The largest absolute Gasteiger partial charge is 0.352 e. The topological polar surface area (TPSA) is 73.1 Å². The van der Waals surface area contributed by atoms with Crippen molar-refractivity contribution in [3.05, 3.63) is 45.1 Å². The Morgan fingerprint density at radius 2 is 1.86 bits per heavy atom. The number of fused-ring (bicyclic) bond motifs is 1. The molecule has 0 aliphatic rings. The van der Waals surface area contributed by atoms with Gasteiger partial charge >= 0.3 is 5.69 Å². The molecule has 1 heterocycles. The lowest BCUT2D eigenvalue weighted by Crippen LogP contribution is -2.43. The Labute approximate surface area is 128 Å². The van der Waals surface area contributed by atoms with Crippen LogP contribution in [0.4, 0.5) is 0 Å². The molecule has 0 fully saturated rings. The first-order valence-corrected chi connectivity index (χ1v) is 7.51. The maximum atomic E-state index is 12.5. The van der Waals surface area contributed by atoms with Crippen LogP contribution in [-0.4, -0.2) is 21.1 Å². The van der Waals surface area contributed by atoms with E-state index in [2.05, 4.69) is 5.32 Å². The van der Waals surface area contributed by atoms with Gasteiger partial charge in [-0.1, -0.05) is 19.1 Å². The van der Waals surface area contributed by atoms with Crippen LogP contribution in [0.5, 0.6) is 0 Å². The molecule has 0 radical (unpaired) electrons. The summed E-state index contributed by atoms with van der Waals surface area (Å²) in [6, 6.07) is 6.91. The van der Waals surface area contributed by atoms with E-state index in [0.717, 1.165) is 11.0 Å². The third-order valence-corrected chi connectivity index (χ3v) is 3.77. The first-order valence-electron chi connectivity index (χ1n) is 7.51. The van der Waals surface area contributed by atoms with Crippen LogP contribution in [0.1, 0.15) is 27.2 Å². The Morgan fingerprint density at radius 1 is 1.18 bits per heavy atom. The minimum Gasteiger partial charge on any atom is -0.352 e. The molecule has 1 aromatic heterocycles. The van der Waals surface area contributed by atoms with Gasteiger partial charge in [0.15, 0.2) is 0 Å². The van der Waals surface area contributed by atoms with Gasteiger partial charge in [-0.15, -0.1) is 0 Å². The number of nitrogens with zero attached hydrogens (tertiary/aromatic N) is 2. The highest BCUT2D eigenvalue weighted by Crippen LogP contribution is 2.07. The summed E-state index contributed by atoms with van der Waals surface area (Å²) in [5.74, 6) is -0.233. The number of amides is 1. The van der Waals surface area contributed by atoms with Crippen LogP contribution < -0.4 is 16.6 Å². The molecule has 0 saturated heterocycles. The molecule has 0 spiro atoms. The highest BCUT2D eigenvalue weighted by Gasteiger charge is 2.14. The molecule has 1 aromatic carbocycles. The lowest BCUT2D eigenvalue weighted by molar-refractivity contribution is -0.122. The van der Waals surface area contributed by atoms with Gasteiger partial charge in [-0.05, 0) is 32.4 Å². The van der Waals surface area contributed by atoms with Crippen LogP contribution in [0.3, 0.4) is 0 Å². The first-order chi connectivity index (χ1) is 10.5. The molecule has 2 aromatic rings. The molecule has 1 unspecified atom stereocenters. The van der Waals surface area contributed by atoms with Gasteiger partial charge in [-0.25, -0.2) is 4.79 Å². The minimum absolute atomic E-state index is 0.0477. The maximum Gasteiger partial charge on any atom is 0.331 e. The summed E-state index contributed by atoms with van der Waals surface area (Å²) in [6.07, 6.45) is 0.815. The molecule has 118 valence electrons. The van der Waals surface area contributed by atoms with E-state index in [0.29, 0.717) is 10.9 Å². The van der Waals surface area contributed by atoms with E-state index in [1.54, 1.807) is 31.2 Å². The second kappa shape index (κ2) is 6.60. The van der Waals surface area contributed by atoms with Crippen molar-refractivity contribution in [3.63, 3.8) is 0 Å². The normalized spacial score (nSPS) is 12.3. The standard InChI is InChI=1S/C16H21N3O3/c1-4-11(3)17-14(20)10-19-13-9-7-6-8-12(13)15(21)18(5-2)16(19)22/h6-9,11H,4-5,10H2,1-3H3,(H,17,20). The Morgan fingerprint density at radius 3 is 2.50 bits per heavy atom. The number of aromatic nitrogens is 2. The summed E-state index contributed by atoms with van der Waals surface area (Å²) in [5, 5.41) is 3.28. The van der Waals surface area contributed by atoms with E-state index >= 15 is 0 Å². The smallest absolute Gasteiger partial charge is 0.331 e. The third-order valence-electron chi connectivity index (χ3n) is 3.77. The van der Waals surface area contributed by atoms with E-state index in [-0.39, 0.29) is 30.6 Å². The summed E-state index contributed by atoms with van der Waals surface area (Å²) in [4.78, 5) is 36.9. The minimum atomic E-state index is -0.453. The van der Waals surface area contributed by atoms with E-state index in [9.17, 15) is 14.4 Å². The number of hydrogen-bond donors (Lipinski definition) is 1. The molecule has 1 N–H and O–H groups in total. The molecule has 22 heavy (non-hydrogen) atoms. The fraction of sp³-hybridized carbons (Fsp3) is 0.438. The fourth-order valence-electron chi connectivity index (χ4n) is 2.37. The molecule has 1 atom stereocenters. The average molecular weight is 303 g/mol. The van der Waals surface area contributed by atoms with Crippen LogP contribution in [0, 0.1) is 0 Å².